The zero-order valence-corrected chi connectivity index (χ0v) is 11.3. The predicted octanol–water partition coefficient (Wildman–Crippen LogP) is 3.69. The third-order valence-corrected chi connectivity index (χ3v) is 3.58. The zero-order valence-electron chi connectivity index (χ0n) is 10.4. The van der Waals surface area contributed by atoms with Crippen LogP contribution in [0.25, 0.3) is 0 Å². The largest absolute Gasteiger partial charge is 0.384 e. The van der Waals surface area contributed by atoms with Crippen molar-refractivity contribution in [3.8, 4) is 0 Å². The van der Waals surface area contributed by atoms with E-state index in [1.165, 1.54) is 5.56 Å². The summed E-state index contributed by atoms with van der Waals surface area (Å²) in [5.41, 5.74) is 1.40. The van der Waals surface area contributed by atoms with Crippen molar-refractivity contribution in [1.29, 1.82) is 0 Å². The first-order valence-corrected chi connectivity index (χ1v) is 6.50. The summed E-state index contributed by atoms with van der Waals surface area (Å²) in [6, 6.07) is 8.11. The van der Waals surface area contributed by atoms with E-state index in [0.29, 0.717) is 0 Å². The second kappa shape index (κ2) is 5.74. The maximum atomic E-state index is 10.7. The number of aryl methyl sites for hydroxylation is 1. The van der Waals surface area contributed by atoms with Crippen LogP contribution in [-0.4, -0.2) is 10.4 Å². The van der Waals surface area contributed by atoms with Crippen LogP contribution in [0, 0.1) is 6.92 Å². The van der Waals surface area contributed by atoms with Gasteiger partial charge in [-0.1, -0.05) is 56.5 Å². The van der Waals surface area contributed by atoms with Gasteiger partial charge in [0.15, 0.2) is 0 Å². The molecule has 1 nitrogen and oxygen atoms in total. The molecule has 0 saturated heterocycles. The Kier molecular flexibility index (Phi) is 4.88. The molecule has 90 valence electrons. The highest BCUT2D eigenvalue weighted by atomic mass is 32.1. The minimum atomic E-state index is -0.799. The SMILES string of the molecule is CCCCC(O)(c1ccc(C)cc1)C(C)S. The first-order chi connectivity index (χ1) is 7.50. The summed E-state index contributed by atoms with van der Waals surface area (Å²) in [5, 5.41) is 10.7. The number of hydrogen-bond acceptors (Lipinski definition) is 2. The first-order valence-electron chi connectivity index (χ1n) is 5.98. The first kappa shape index (κ1) is 13.6. The molecule has 0 heterocycles. The highest BCUT2D eigenvalue weighted by Crippen LogP contribution is 2.33. The van der Waals surface area contributed by atoms with Gasteiger partial charge in [-0.15, -0.1) is 0 Å². The highest BCUT2D eigenvalue weighted by Gasteiger charge is 2.32. The average Bonchev–Trinajstić information content (AvgIpc) is 2.26. The molecule has 16 heavy (non-hydrogen) atoms. The molecular formula is C14H22OS. The van der Waals surface area contributed by atoms with Gasteiger partial charge in [0.25, 0.3) is 0 Å². The molecule has 0 amide bonds. The van der Waals surface area contributed by atoms with Crippen LogP contribution in [-0.2, 0) is 5.60 Å². The van der Waals surface area contributed by atoms with Crippen LogP contribution in [0.15, 0.2) is 24.3 Å². The summed E-state index contributed by atoms with van der Waals surface area (Å²) in [4.78, 5) is 0. The number of thiol groups is 1. The number of rotatable bonds is 5. The van der Waals surface area contributed by atoms with Crippen LogP contribution in [0.2, 0.25) is 0 Å². The number of hydrogen-bond donors (Lipinski definition) is 2. The molecule has 0 aromatic heterocycles. The molecule has 2 unspecified atom stereocenters. The van der Waals surface area contributed by atoms with Crippen LogP contribution in [0.3, 0.4) is 0 Å². The molecule has 0 spiro atoms. The van der Waals surface area contributed by atoms with Gasteiger partial charge in [0.05, 0.1) is 0 Å². The fraction of sp³-hybridized carbons (Fsp3) is 0.571. The summed E-state index contributed by atoms with van der Waals surface area (Å²) in [7, 11) is 0. The van der Waals surface area contributed by atoms with Crippen molar-refractivity contribution in [2.75, 3.05) is 0 Å². The molecule has 1 aromatic rings. The van der Waals surface area contributed by atoms with Gasteiger partial charge >= 0.3 is 0 Å². The Morgan fingerprint density at radius 2 is 1.88 bits per heavy atom. The molecule has 2 atom stereocenters. The van der Waals surface area contributed by atoms with Crippen molar-refractivity contribution < 1.29 is 5.11 Å². The van der Waals surface area contributed by atoms with Crippen LogP contribution in [0.5, 0.6) is 0 Å². The van der Waals surface area contributed by atoms with Crippen LogP contribution in [0.4, 0.5) is 0 Å². The maximum Gasteiger partial charge on any atom is 0.101 e. The van der Waals surface area contributed by atoms with Crippen molar-refractivity contribution >= 4 is 12.6 Å². The minimum absolute atomic E-state index is 0.0539. The lowest BCUT2D eigenvalue weighted by Gasteiger charge is -2.32. The van der Waals surface area contributed by atoms with E-state index in [-0.39, 0.29) is 5.25 Å². The molecule has 1 aromatic carbocycles. The average molecular weight is 238 g/mol. The van der Waals surface area contributed by atoms with E-state index in [2.05, 4.69) is 26.5 Å². The van der Waals surface area contributed by atoms with Gasteiger partial charge in [0.2, 0.25) is 0 Å². The van der Waals surface area contributed by atoms with Crippen molar-refractivity contribution in [3.05, 3.63) is 35.4 Å². The number of unbranched alkanes of at least 4 members (excludes halogenated alkanes) is 1. The summed E-state index contributed by atoms with van der Waals surface area (Å²) in [6.07, 6.45) is 2.89. The van der Waals surface area contributed by atoms with Gasteiger partial charge in [-0.3, -0.25) is 0 Å². The molecule has 0 radical (unpaired) electrons. The molecule has 2 heteroatoms. The monoisotopic (exact) mass is 238 g/mol. The van der Waals surface area contributed by atoms with Crippen LogP contribution < -0.4 is 0 Å². The molecule has 0 bridgehead atoms. The van der Waals surface area contributed by atoms with Gasteiger partial charge < -0.3 is 5.11 Å². The number of aliphatic hydroxyl groups is 1. The molecule has 0 saturated carbocycles. The number of benzene rings is 1. The van der Waals surface area contributed by atoms with Crippen molar-refractivity contribution in [2.45, 2.75) is 50.9 Å². The van der Waals surface area contributed by atoms with E-state index in [1.807, 2.05) is 31.2 Å². The molecule has 0 aliphatic heterocycles. The molecule has 1 N–H and O–H groups in total. The third-order valence-electron chi connectivity index (χ3n) is 3.15. The Balaban J connectivity index is 2.96. The van der Waals surface area contributed by atoms with E-state index >= 15 is 0 Å². The van der Waals surface area contributed by atoms with Crippen molar-refractivity contribution in [2.24, 2.45) is 0 Å². The summed E-state index contributed by atoms with van der Waals surface area (Å²) in [5.74, 6) is 0. The van der Waals surface area contributed by atoms with Crippen molar-refractivity contribution in [1.82, 2.24) is 0 Å². The lowest BCUT2D eigenvalue weighted by Crippen LogP contribution is -2.34. The van der Waals surface area contributed by atoms with Gasteiger partial charge in [0, 0.05) is 5.25 Å². The molecule has 0 fully saturated rings. The van der Waals surface area contributed by atoms with E-state index in [9.17, 15) is 5.11 Å². The Bertz CT molecular complexity index is 318. The summed E-state index contributed by atoms with van der Waals surface area (Å²) >= 11 is 4.44. The molecule has 1 rings (SSSR count). The highest BCUT2D eigenvalue weighted by molar-refractivity contribution is 7.81. The second-order valence-corrected chi connectivity index (χ2v) is 5.34. The molecule has 0 aliphatic carbocycles. The lowest BCUT2D eigenvalue weighted by molar-refractivity contribution is 0.0276. The van der Waals surface area contributed by atoms with Crippen LogP contribution >= 0.6 is 12.6 Å². The topological polar surface area (TPSA) is 20.2 Å². The third kappa shape index (κ3) is 3.02. The summed E-state index contributed by atoms with van der Waals surface area (Å²) < 4.78 is 0. The molecule has 0 aliphatic rings. The minimum Gasteiger partial charge on any atom is -0.384 e. The standard InChI is InChI=1S/C14H22OS/c1-4-5-10-14(15,12(3)16)13-8-6-11(2)7-9-13/h6-9,12,15-16H,4-5,10H2,1-3H3. The van der Waals surface area contributed by atoms with Crippen molar-refractivity contribution in [3.63, 3.8) is 0 Å². The van der Waals surface area contributed by atoms with Gasteiger partial charge in [-0.05, 0) is 18.9 Å². The predicted molar refractivity (Wildman–Crippen MR) is 73.0 cm³/mol. The zero-order chi connectivity index (χ0) is 12.2. The van der Waals surface area contributed by atoms with E-state index < -0.39 is 5.60 Å². The Labute approximate surface area is 104 Å². The molecular weight excluding hydrogens is 216 g/mol. The van der Waals surface area contributed by atoms with Gasteiger partial charge in [-0.25, -0.2) is 0 Å². The Morgan fingerprint density at radius 1 is 1.31 bits per heavy atom. The lowest BCUT2D eigenvalue weighted by atomic mass is 9.85. The van der Waals surface area contributed by atoms with Gasteiger partial charge in [0.1, 0.15) is 5.60 Å². The van der Waals surface area contributed by atoms with E-state index in [0.717, 1.165) is 24.8 Å². The quantitative estimate of drug-likeness (QED) is 0.750. The Morgan fingerprint density at radius 3 is 2.31 bits per heavy atom. The van der Waals surface area contributed by atoms with Gasteiger partial charge in [-0.2, -0.15) is 12.6 Å². The smallest absolute Gasteiger partial charge is 0.101 e. The summed E-state index contributed by atoms with van der Waals surface area (Å²) in [6.45, 7) is 6.15. The second-order valence-electron chi connectivity index (χ2n) is 4.57. The fourth-order valence-electron chi connectivity index (χ4n) is 1.88. The van der Waals surface area contributed by atoms with E-state index in [4.69, 9.17) is 0 Å². The normalized spacial score (nSPS) is 16.8. The fourth-order valence-corrected chi connectivity index (χ4v) is 2.16. The van der Waals surface area contributed by atoms with E-state index in [1.54, 1.807) is 0 Å². The Hall–Kier alpha value is -0.470. The maximum absolute atomic E-state index is 10.7. The van der Waals surface area contributed by atoms with Crippen LogP contribution in [0.1, 0.15) is 44.2 Å².